The molecule has 0 bridgehead atoms. The highest BCUT2D eigenvalue weighted by Crippen LogP contribution is 2.28. The Balaban J connectivity index is 1.33. The third-order valence-electron chi connectivity index (χ3n) is 5.42. The summed E-state index contributed by atoms with van der Waals surface area (Å²) in [5.41, 5.74) is 2.12. The van der Waals surface area contributed by atoms with E-state index in [9.17, 15) is 4.79 Å². The fraction of sp³-hybridized carbons (Fsp3) is 0.391. The van der Waals surface area contributed by atoms with Gasteiger partial charge in [-0.15, -0.1) is 10.2 Å². The predicted octanol–water partition coefficient (Wildman–Crippen LogP) is 3.37. The lowest BCUT2D eigenvalue weighted by Crippen LogP contribution is -2.49. The Kier molecular flexibility index (Phi) is 6.37. The molecule has 1 aliphatic rings. The highest BCUT2D eigenvalue weighted by molar-refractivity contribution is 5.77. The largest absolute Gasteiger partial charge is 0.421 e. The van der Waals surface area contributed by atoms with E-state index in [1.165, 1.54) is 5.56 Å². The number of anilines is 1. The molecule has 3 heterocycles. The second kappa shape index (κ2) is 9.52. The lowest BCUT2D eigenvalue weighted by molar-refractivity contribution is -0.131. The van der Waals surface area contributed by atoms with Gasteiger partial charge in [0, 0.05) is 45.2 Å². The minimum Gasteiger partial charge on any atom is -0.421 e. The molecule has 156 valence electrons. The molecule has 2 aromatic heterocycles. The number of carbonyl (C=O) groups excluding carboxylic acids is 1. The lowest BCUT2D eigenvalue weighted by atomic mass is 10.1. The summed E-state index contributed by atoms with van der Waals surface area (Å²) in [5, 5.41) is 8.23. The first-order valence-electron chi connectivity index (χ1n) is 10.6. The molecule has 30 heavy (non-hydrogen) atoms. The van der Waals surface area contributed by atoms with Crippen LogP contribution >= 0.6 is 0 Å². The number of hydrogen-bond acceptors (Lipinski definition) is 6. The zero-order valence-electron chi connectivity index (χ0n) is 17.3. The topological polar surface area (TPSA) is 75.4 Å². The van der Waals surface area contributed by atoms with E-state index in [1.54, 1.807) is 6.20 Å². The van der Waals surface area contributed by atoms with Crippen molar-refractivity contribution in [2.75, 3.05) is 31.1 Å². The number of hydrogen-bond donors (Lipinski definition) is 0. The van der Waals surface area contributed by atoms with Gasteiger partial charge in [0.15, 0.2) is 0 Å². The quantitative estimate of drug-likeness (QED) is 0.600. The Labute approximate surface area is 176 Å². The molecule has 1 aliphatic heterocycles. The smallest absolute Gasteiger partial charge is 0.251 e. The minimum absolute atomic E-state index is 0.233. The van der Waals surface area contributed by atoms with E-state index >= 15 is 0 Å². The molecule has 0 N–H and O–H groups in total. The monoisotopic (exact) mass is 405 g/mol. The first-order valence-corrected chi connectivity index (χ1v) is 10.6. The van der Waals surface area contributed by atoms with E-state index in [0.717, 1.165) is 37.3 Å². The van der Waals surface area contributed by atoms with Gasteiger partial charge in [-0.3, -0.25) is 4.79 Å². The highest BCUT2D eigenvalue weighted by Gasteiger charge is 2.24. The van der Waals surface area contributed by atoms with E-state index in [2.05, 4.69) is 32.2 Å². The van der Waals surface area contributed by atoms with Crippen molar-refractivity contribution in [3.05, 3.63) is 60.1 Å². The Bertz CT molecular complexity index is 964. The first kappa shape index (κ1) is 20.1. The van der Waals surface area contributed by atoms with E-state index in [-0.39, 0.29) is 5.91 Å². The van der Waals surface area contributed by atoms with E-state index in [1.807, 2.05) is 42.2 Å². The summed E-state index contributed by atoms with van der Waals surface area (Å²) in [6.45, 7) is 4.86. The van der Waals surface area contributed by atoms with Crippen molar-refractivity contribution in [2.24, 2.45) is 0 Å². The van der Waals surface area contributed by atoms with Crippen molar-refractivity contribution in [1.82, 2.24) is 20.1 Å². The number of carbonyl (C=O) groups is 1. The number of benzene rings is 1. The summed E-state index contributed by atoms with van der Waals surface area (Å²) < 4.78 is 5.74. The maximum absolute atomic E-state index is 12.6. The van der Waals surface area contributed by atoms with E-state index in [0.29, 0.717) is 37.7 Å². The van der Waals surface area contributed by atoms with Crippen molar-refractivity contribution >= 4 is 11.7 Å². The van der Waals surface area contributed by atoms with Gasteiger partial charge in [-0.25, -0.2) is 4.98 Å². The van der Waals surface area contributed by atoms with Crippen LogP contribution in [0.2, 0.25) is 0 Å². The van der Waals surface area contributed by atoms with Crippen LogP contribution in [0.5, 0.6) is 0 Å². The fourth-order valence-corrected chi connectivity index (χ4v) is 3.74. The second-order valence-corrected chi connectivity index (χ2v) is 7.44. The molecule has 1 amide bonds. The molecule has 1 saturated heterocycles. The Morgan fingerprint density at radius 1 is 1.03 bits per heavy atom. The van der Waals surface area contributed by atoms with Gasteiger partial charge in [0.05, 0.1) is 5.56 Å². The average Bonchev–Trinajstić information content (AvgIpc) is 3.29. The zero-order chi connectivity index (χ0) is 20.8. The third-order valence-corrected chi connectivity index (χ3v) is 5.42. The standard InChI is InChI=1S/C23H27N5O2/c1-2-20-25-26-23(30-20)19-11-7-13-24-22(19)28-16-14-27(15-17-28)21(29)12-6-10-18-8-4-3-5-9-18/h3-5,7-9,11,13H,2,6,10,12,14-17H2,1H3. The Hall–Kier alpha value is -3.22. The van der Waals surface area contributed by atoms with Crippen LogP contribution in [0.25, 0.3) is 11.5 Å². The molecule has 1 fully saturated rings. The SMILES string of the molecule is CCc1nnc(-c2cccnc2N2CCN(C(=O)CCCc3ccccc3)CC2)o1. The second-order valence-electron chi connectivity index (χ2n) is 7.44. The molecule has 0 atom stereocenters. The van der Waals surface area contributed by atoms with Gasteiger partial charge in [-0.1, -0.05) is 37.3 Å². The first-order chi connectivity index (χ1) is 14.7. The molecular weight excluding hydrogens is 378 g/mol. The predicted molar refractivity (Wildman–Crippen MR) is 115 cm³/mol. The maximum atomic E-state index is 12.6. The van der Waals surface area contributed by atoms with Gasteiger partial charge in [-0.05, 0) is 30.5 Å². The molecular formula is C23H27N5O2. The van der Waals surface area contributed by atoms with Gasteiger partial charge in [0.25, 0.3) is 5.89 Å². The number of piperazine rings is 1. The van der Waals surface area contributed by atoms with E-state index < -0.39 is 0 Å². The van der Waals surface area contributed by atoms with Gasteiger partial charge in [0.1, 0.15) is 5.82 Å². The molecule has 4 rings (SSSR count). The van der Waals surface area contributed by atoms with Gasteiger partial charge in [-0.2, -0.15) is 0 Å². The number of aromatic nitrogens is 3. The summed E-state index contributed by atoms with van der Waals surface area (Å²) in [4.78, 5) is 21.3. The van der Waals surface area contributed by atoms with Gasteiger partial charge < -0.3 is 14.2 Å². The zero-order valence-corrected chi connectivity index (χ0v) is 17.3. The number of nitrogens with zero attached hydrogens (tertiary/aromatic N) is 5. The fourth-order valence-electron chi connectivity index (χ4n) is 3.74. The molecule has 7 heteroatoms. The normalized spacial score (nSPS) is 14.2. The molecule has 0 unspecified atom stereocenters. The number of aryl methyl sites for hydroxylation is 2. The summed E-state index contributed by atoms with van der Waals surface area (Å²) in [6.07, 6.45) is 4.88. The third kappa shape index (κ3) is 4.67. The average molecular weight is 406 g/mol. The van der Waals surface area contributed by atoms with Crippen LogP contribution < -0.4 is 4.90 Å². The number of rotatable bonds is 7. The summed E-state index contributed by atoms with van der Waals surface area (Å²) in [6, 6.07) is 14.2. The maximum Gasteiger partial charge on any atom is 0.251 e. The lowest BCUT2D eigenvalue weighted by Gasteiger charge is -2.36. The molecule has 0 spiro atoms. The molecule has 1 aromatic carbocycles. The van der Waals surface area contributed by atoms with Crippen molar-refractivity contribution in [3.8, 4) is 11.5 Å². The molecule has 0 aliphatic carbocycles. The van der Waals surface area contributed by atoms with Crippen molar-refractivity contribution in [1.29, 1.82) is 0 Å². The summed E-state index contributed by atoms with van der Waals surface area (Å²) in [7, 11) is 0. The number of amides is 1. The van der Waals surface area contributed by atoms with Gasteiger partial charge >= 0.3 is 0 Å². The highest BCUT2D eigenvalue weighted by atomic mass is 16.4. The molecule has 3 aromatic rings. The van der Waals surface area contributed by atoms with Crippen LogP contribution in [0.15, 0.2) is 53.1 Å². The summed E-state index contributed by atoms with van der Waals surface area (Å²) in [5.74, 6) is 2.18. The molecule has 7 nitrogen and oxygen atoms in total. The van der Waals surface area contributed by atoms with Crippen LogP contribution in [0.1, 0.15) is 31.2 Å². The Morgan fingerprint density at radius 3 is 2.57 bits per heavy atom. The van der Waals surface area contributed by atoms with Crippen molar-refractivity contribution in [2.45, 2.75) is 32.6 Å². The minimum atomic E-state index is 0.233. The van der Waals surface area contributed by atoms with Crippen LogP contribution in [0.3, 0.4) is 0 Å². The van der Waals surface area contributed by atoms with E-state index in [4.69, 9.17) is 4.42 Å². The van der Waals surface area contributed by atoms with Crippen LogP contribution in [0, 0.1) is 0 Å². The van der Waals surface area contributed by atoms with Crippen LogP contribution in [-0.2, 0) is 17.6 Å². The van der Waals surface area contributed by atoms with Crippen LogP contribution in [0.4, 0.5) is 5.82 Å². The summed E-state index contributed by atoms with van der Waals surface area (Å²) >= 11 is 0. The van der Waals surface area contributed by atoms with Gasteiger partial charge in [0.2, 0.25) is 11.8 Å². The van der Waals surface area contributed by atoms with Crippen molar-refractivity contribution < 1.29 is 9.21 Å². The molecule has 0 saturated carbocycles. The molecule has 0 radical (unpaired) electrons. The Morgan fingerprint density at radius 2 is 1.83 bits per heavy atom. The van der Waals surface area contributed by atoms with Crippen LogP contribution in [-0.4, -0.2) is 52.2 Å². The van der Waals surface area contributed by atoms with Crippen molar-refractivity contribution in [3.63, 3.8) is 0 Å². The number of pyridine rings is 1.